The van der Waals surface area contributed by atoms with Crippen molar-refractivity contribution >= 4 is 5.91 Å². The Hall–Kier alpha value is -1.42. The summed E-state index contributed by atoms with van der Waals surface area (Å²) in [5.74, 6) is 2.92. The molecule has 0 spiro atoms. The maximum absolute atomic E-state index is 13.0. The number of aromatic nitrogens is 1. The van der Waals surface area contributed by atoms with Crippen molar-refractivity contribution < 1.29 is 4.79 Å². The molecule has 0 atom stereocenters. The number of hydrogen-bond donors (Lipinski definition) is 0. The fourth-order valence-electron chi connectivity index (χ4n) is 6.47. The average Bonchev–Trinajstić information content (AvgIpc) is 2.61. The summed E-state index contributed by atoms with van der Waals surface area (Å²) in [6.45, 7) is 3.62. The van der Waals surface area contributed by atoms with E-state index in [1.165, 1.54) is 44.2 Å². The summed E-state index contributed by atoms with van der Waals surface area (Å²) < 4.78 is 0. The van der Waals surface area contributed by atoms with Crippen LogP contribution in [0.2, 0.25) is 0 Å². The number of amides is 1. The van der Waals surface area contributed by atoms with Gasteiger partial charge in [0.15, 0.2) is 0 Å². The van der Waals surface area contributed by atoms with Gasteiger partial charge in [0, 0.05) is 49.0 Å². The Balaban J connectivity index is 1.41. The van der Waals surface area contributed by atoms with Gasteiger partial charge in [-0.25, -0.2) is 0 Å². The molecule has 4 heteroatoms. The predicted octanol–water partition coefficient (Wildman–Crippen LogP) is 2.94. The van der Waals surface area contributed by atoms with E-state index in [1.54, 1.807) is 0 Å². The maximum Gasteiger partial charge on any atom is 0.254 e. The Morgan fingerprint density at radius 2 is 1.64 bits per heavy atom. The van der Waals surface area contributed by atoms with Crippen LogP contribution in [0.4, 0.5) is 0 Å². The number of hydrogen-bond acceptors (Lipinski definition) is 3. The molecule has 1 saturated heterocycles. The van der Waals surface area contributed by atoms with Gasteiger partial charge in [0.25, 0.3) is 5.91 Å². The van der Waals surface area contributed by atoms with Crippen molar-refractivity contribution in [1.29, 1.82) is 0 Å². The van der Waals surface area contributed by atoms with E-state index in [1.807, 2.05) is 17.2 Å². The Kier molecular flexibility index (Phi) is 3.67. The molecule has 25 heavy (non-hydrogen) atoms. The lowest BCUT2D eigenvalue weighted by atomic mass is 9.48. The van der Waals surface area contributed by atoms with Crippen molar-refractivity contribution in [1.82, 2.24) is 14.8 Å². The van der Waals surface area contributed by atoms with Crippen molar-refractivity contribution in [3.8, 4) is 0 Å². The van der Waals surface area contributed by atoms with E-state index in [0.717, 1.165) is 49.5 Å². The third kappa shape index (κ3) is 2.69. The zero-order valence-electron chi connectivity index (χ0n) is 15.3. The van der Waals surface area contributed by atoms with Gasteiger partial charge >= 0.3 is 0 Å². The molecule has 1 aromatic rings. The molecule has 5 fully saturated rings. The van der Waals surface area contributed by atoms with Crippen molar-refractivity contribution in [3.05, 3.63) is 29.6 Å². The van der Waals surface area contributed by atoms with Gasteiger partial charge in [-0.3, -0.25) is 9.78 Å². The average molecular weight is 339 g/mol. The predicted molar refractivity (Wildman–Crippen MR) is 97.5 cm³/mol. The van der Waals surface area contributed by atoms with Crippen LogP contribution in [0.3, 0.4) is 0 Å². The lowest BCUT2D eigenvalue weighted by Crippen LogP contribution is -2.49. The van der Waals surface area contributed by atoms with Gasteiger partial charge in [-0.05, 0) is 75.5 Å². The molecule has 0 unspecified atom stereocenters. The molecular weight excluding hydrogens is 310 g/mol. The van der Waals surface area contributed by atoms with Crippen LogP contribution < -0.4 is 0 Å². The second kappa shape index (κ2) is 5.80. The summed E-state index contributed by atoms with van der Waals surface area (Å²) in [7, 11) is 2.12. The largest absolute Gasteiger partial charge is 0.336 e. The standard InChI is InChI=1S/C21H29N3O/c1-23-4-6-24(7-5-23)20(25)18-2-3-22-19(11-18)21-12-15-8-16(13-21)10-17(9-15)14-21/h2-3,11,15-17H,4-10,12-14H2,1H3. The van der Waals surface area contributed by atoms with Crippen LogP contribution in [0.15, 0.2) is 18.3 Å². The molecule has 4 nitrogen and oxygen atoms in total. The molecule has 0 radical (unpaired) electrons. The van der Waals surface area contributed by atoms with E-state index in [-0.39, 0.29) is 11.3 Å². The first kappa shape index (κ1) is 15.8. The zero-order chi connectivity index (χ0) is 17.0. The lowest BCUT2D eigenvalue weighted by molar-refractivity contribution is -0.00723. The third-order valence-electron chi connectivity index (χ3n) is 7.38. The second-order valence-electron chi connectivity index (χ2n) is 9.22. The highest BCUT2D eigenvalue weighted by atomic mass is 16.2. The molecule has 1 aliphatic heterocycles. The van der Waals surface area contributed by atoms with Crippen LogP contribution >= 0.6 is 0 Å². The summed E-state index contributed by atoms with van der Waals surface area (Å²) in [5, 5.41) is 0. The summed E-state index contributed by atoms with van der Waals surface area (Å²) in [4.78, 5) is 22.1. The lowest BCUT2D eigenvalue weighted by Gasteiger charge is -2.56. The molecule has 1 aromatic heterocycles. The van der Waals surface area contributed by atoms with Crippen LogP contribution in [0.25, 0.3) is 0 Å². The van der Waals surface area contributed by atoms with Gasteiger partial charge in [-0.15, -0.1) is 0 Å². The van der Waals surface area contributed by atoms with Crippen LogP contribution in [0.5, 0.6) is 0 Å². The quantitative estimate of drug-likeness (QED) is 0.831. The minimum atomic E-state index is 0.196. The van der Waals surface area contributed by atoms with E-state index >= 15 is 0 Å². The fraction of sp³-hybridized carbons (Fsp3) is 0.714. The smallest absolute Gasteiger partial charge is 0.254 e. The second-order valence-corrected chi connectivity index (χ2v) is 9.22. The Bertz CT molecular complexity index is 642. The molecular formula is C21H29N3O. The van der Waals surface area contributed by atoms with E-state index in [9.17, 15) is 4.79 Å². The van der Waals surface area contributed by atoms with E-state index in [2.05, 4.69) is 18.0 Å². The van der Waals surface area contributed by atoms with Crippen LogP contribution in [-0.2, 0) is 5.41 Å². The SMILES string of the molecule is CN1CCN(C(=O)c2ccnc(C34CC5CC(CC(C5)C3)C4)c2)CC1. The van der Waals surface area contributed by atoms with Crippen LogP contribution in [0.1, 0.15) is 54.6 Å². The first-order valence-electron chi connectivity index (χ1n) is 10.1. The fourth-order valence-corrected chi connectivity index (χ4v) is 6.47. The molecule has 6 rings (SSSR count). The number of nitrogens with zero attached hydrogens (tertiary/aromatic N) is 3. The van der Waals surface area contributed by atoms with Crippen LogP contribution in [-0.4, -0.2) is 53.9 Å². The van der Waals surface area contributed by atoms with Gasteiger partial charge in [0.2, 0.25) is 0 Å². The third-order valence-corrected chi connectivity index (χ3v) is 7.38. The molecule has 5 aliphatic rings. The normalized spacial score (nSPS) is 37.5. The Morgan fingerprint density at radius 1 is 1.04 bits per heavy atom. The zero-order valence-corrected chi connectivity index (χ0v) is 15.3. The summed E-state index contributed by atoms with van der Waals surface area (Å²) in [6.07, 6.45) is 10.1. The minimum Gasteiger partial charge on any atom is -0.336 e. The Morgan fingerprint density at radius 3 is 2.24 bits per heavy atom. The monoisotopic (exact) mass is 339 g/mol. The molecule has 1 amide bonds. The molecule has 0 aromatic carbocycles. The number of pyridine rings is 1. The van der Waals surface area contributed by atoms with Crippen molar-refractivity contribution in [3.63, 3.8) is 0 Å². The highest BCUT2D eigenvalue weighted by molar-refractivity contribution is 5.94. The van der Waals surface area contributed by atoms with Gasteiger partial charge in [0.1, 0.15) is 0 Å². The molecule has 4 saturated carbocycles. The molecule has 4 bridgehead atoms. The first-order chi connectivity index (χ1) is 12.1. The van der Waals surface area contributed by atoms with Gasteiger partial charge < -0.3 is 9.80 Å². The van der Waals surface area contributed by atoms with Crippen molar-refractivity contribution in [2.75, 3.05) is 33.2 Å². The summed E-state index contributed by atoms with van der Waals surface area (Å²) >= 11 is 0. The van der Waals surface area contributed by atoms with Gasteiger partial charge in [-0.2, -0.15) is 0 Å². The number of carbonyl (C=O) groups is 1. The molecule has 134 valence electrons. The number of carbonyl (C=O) groups excluding carboxylic acids is 1. The summed E-state index contributed by atoms with van der Waals surface area (Å²) in [6, 6.07) is 4.07. The van der Waals surface area contributed by atoms with E-state index < -0.39 is 0 Å². The molecule has 4 aliphatic carbocycles. The van der Waals surface area contributed by atoms with Gasteiger partial charge in [0.05, 0.1) is 0 Å². The van der Waals surface area contributed by atoms with Crippen molar-refractivity contribution in [2.45, 2.75) is 43.9 Å². The first-order valence-corrected chi connectivity index (χ1v) is 10.1. The van der Waals surface area contributed by atoms with E-state index in [4.69, 9.17) is 4.98 Å². The minimum absolute atomic E-state index is 0.196. The molecule has 0 N–H and O–H groups in total. The topological polar surface area (TPSA) is 36.4 Å². The maximum atomic E-state index is 13.0. The Labute approximate surface area is 150 Å². The van der Waals surface area contributed by atoms with Crippen LogP contribution in [0, 0.1) is 17.8 Å². The highest BCUT2D eigenvalue weighted by Crippen LogP contribution is 2.60. The number of piperazine rings is 1. The van der Waals surface area contributed by atoms with E-state index in [0.29, 0.717) is 0 Å². The number of rotatable bonds is 2. The summed E-state index contributed by atoms with van der Waals surface area (Å²) in [5.41, 5.74) is 2.34. The van der Waals surface area contributed by atoms with Gasteiger partial charge in [-0.1, -0.05) is 0 Å². The molecule has 2 heterocycles. The van der Waals surface area contributed by atoms with Crippen molar-refractivity contribution in [2.24, 2.45) is 17.8 Å². The number of likely N-dealkylation sites (N-methyl/N-ethyl adjacent to an activating group) is 1. The highest BCUT2D eigenvalue weighted by Gasteiger charge is 2.52.